The number of carbonyl (C=O) groups is 1. The van der Waals surface area contributed by atoms with Crippen LogP contribution in [0.4, 0.5) is 10.1 Å². The van der Waals surface area contributed by atoms with Crippen molar-refractivity contribution in [1.82, 2.24) is 4.90 Å². The molecule has 0 bridgehead atoms. The van der Waals surface area contributed by atoms with E-state index in [4.69, 9.17) is 4.42 Å². The van der Waals surface area contributed by atoms with E-state index in [-0.39, 0.29) is 24.1 Å². The molecule has 1 amide bonds. The van der Waals surface area contributed by atoms with Crippen molar-refractivity contribution in [1.29, 1.82) is 0 Å². The second-order valence-corrected chi connectivity index (χ2v) is 7.29. The number of anilines is 1. The molecule has 0 fully saturated rings. The van der Waals surface area contributed by atoms with Crippen LogP contribution < -0.4 is 5.32 Å². The lowest BCUT2D eigenvalue weighted by Crippen LogP contribution is -2.38. The Morgan fingerprint density at radius 3 is 2.59 bits per heavy atom. The van der Waals surface area contributed by atoms with Gasteiger partial charge < -0.3 is 14.6 Å². The van der Waals surface area contributed by atoms with Crippen LogP contribution in [0, 0.1) is 5.82 Å². The van der Waals surface area contributed by atoms with Crippen LogP contribution in [0.2, 0.25) is 0 Å². The summed E-state index contributed by atoms with van der Waals surface area (Å²) in [6, 6.07) is 11.8. The predicted octanol–water partition coefficient (Wildman–Crippen LogP) is 5.45. The number of likely N-dealkylation sites (N-methyl/N-ethyl adjacent to an activating group) is 1. The van der Waals surface area contributed by atoms with Gasteiger partial charge in [0.15, 0.2) is 0 Å². The Labute approximate surface area is 176 Å². The van der Waals surface area contributed by atoms with E-state index < -0.39 is 0 Å². The zero-order valence-electron chi connectivity index (χ0n) is 16.7. The molecule has 1 aliphatic carbocycles. The topological polar surface area (TPSA) is 45.5 Å². The highest BCUT2D eigenvalue weighted by molar-refractivity contribution is 6.05. The minimum atomic E-state index is -0.356. The maximum Gasteiger partial charge on any atom is 0.255 e. The van der Waals surface area contributed by atoms with Gasteiger partial charge in [0.25, 0.3) is 5.91 Å². The van der Waals surface area contributed by atoms with E-state index in [0.717, 1.165) is 54.8 Å². The highest BCUT2D eigenvalue weighted by Crippen LogP contribution is 2.35. The Bertz CT molecular complexity index is 996. The van der Waals surface area contributed by atoms with Crippen molar-refractivity contribution < 1.29 is 13.6 Å². The SMILES string of the molecule is CCN(CC)C1CCc2oc3ccc(NC(=O)c4ccc(F)cc4)cc3c2C1.Cl. The quantitative estimate of drug-likeness (QED) is 0.601. The first kappa shape index (κ1) is 21.3. The van der Waals surface area contributed by atoms with Crippen LogP contribution >= 0.6 is 12.4 Å². The number of amides is 1. The van der Waals surface area contributed by atoms with Crippen LogP contribution in [-0.2, 0) is 12.8 Å². The second kappa shape index (κ2) is 8.97. The van der Waals surface area contributed by atoms with Crippen molar-refractivity contribution in [3.05, 3.63) is 65.2 Å². The van der Waals surface area contributed by atoms with Gasteiger partial charge in [-0.15, -0.1) is 12.4 Å². The molecular weight excluding hydrogens is 391 g/mol. The standard InChI is InChI=1S/C23H25FN2O2.ClH/c1-3-26(4-2)18-10-12-22-20(14-18)19-13-17(9-11-21(19)28-22)25-23(27)15-5-7-16(24)8-6-15;/h5-9,11,13,18H,3-4,10,12,14H2,1-2H3,(H,25,27);1H. The van der Waals surface area contributed by atoms with Crippen molar-refractivity contribution >= 4 is 35.0 Å². The maximum atomic E-state index is 13.1. The normalized spacial score (nSPS) is 15.8. The summed E-state index contributed by atoms with van der Waals surface area (Å²) in [5.41, 5.74) is 3.27. The Morgan fingerprint density at radius 2 is 1.90 bits per heavy atom. The van der Waals surface area contributed by atoms with Crippen LogP contribution in [0.15, 0.2) is 46.9 Å². The van der Waals surface area contributed by atoms with E-state index >= 15 is 0 Å². The number of hydrogen-bond donors (Lipinski definition) is 1. The number of aryl methyl sites for hydroxylation is 1. The van der Waals surface area contributed by atoms with Gasteiger partial charge in [-0.1, -0.05) is 13.8 Å². The van der Waals surface area contributed by atoms with Crippen LogP contribution in [0.1, 0.15) is 41.9 Å². The van der Waals surface area contributed by atoms with E-state index in [9.17, 15) is 9.18 Å². The summed E-state index contributed by atoms with van der Waals surface area (Å²) in [7, 11) is 0. The van der Waals surface area contributed by atoms with Crippen LogP contribution in [-0.4, -0.2) is 29.9 Å². The van der Waals surface area contributed by atoms with Gasteiger partial charge >= 0.3 is 0 Å². The van der Waals surface area contributed by atoms with E-state index in [2.05, 4.69) is 24.1 Å². The number of carbonyl (C=O) groups excluding carboxylic acids is 1. The average Bonchev–Trinajstić information content (AvgIpc) is 3.07. The third-order valence-corrected chi connectivity index (χ3v) is 5.71. The molecule has 0 radical (unpaired) electrons. The van der Waals surface area contributed by atoms with Crippen molar-refractivity contribution in [2.24, 2.45) is 0 Å². The first-order valence-corrected chi connectivity index (χ1v) is 9.94. The van der Waals surface area contributed by atoms with Gasteiger partial charge in [0.1, 0.15) is 17.2 Å². The lowest BCUT2D eigenvalue weighted by atomic mass is 9.90. The first-order valence-electron chi connectivity index (χ1n) is 9.94. The lowest BCUT2D eigenvalue weighted by molar-refractivity contribution is 0.102. The Kier molecular flexibility index (Phi) is 6.60. The van der Waals surface area contributed by atoms with Gasteiger partial charge in [-0.3, -0.25) is 4.79 Å². The summed E-state index contributed by atoms with van der Waals surface area (Å²) in [5, 5.41) is 3.98. The van der Waals surface area contributed by atoms with Crippen LogP contribution in [0.5, 0.6) is 0 Å². The molecule has 0 saturated heterocycles. The molecule has 1 heterocycles. The van der Waals surface area contributed by atoms with Crippen molar-refractivity contribution in [3.8, 4) is 0 Å². The molecule has 154 valence electrons. The van der Waals surface area contributed by atoms with Gasteiger partial charge in [0.05, 0.1) is 0 Å². The number of nitrogens with one attached hydrogen (secondary N) is 1. The van der Waals surface area contributed by atoms with Gasteiger partial charge in [-0.2, -0.15) is 0 Å². The van der Waals surface area contributed by atoms with E-state index in [1.807, 2.05) is 18.2 Å². The van der Waals surface area contributed by atoms with Crippen LogP contribution in [0.3, 0.4) is 0 Å². The predicted molar refractivity (Wildman–Crippen MR) is 117 cm³/mol. The largest absolute Gasteiger partial charge is 0.461 e. The highest BCUT2D eigenvalue weighted by atomic mass is 35.5. The summed E-state index contributed by atoms with van der Waals surface area (Å²) in [6.45, 7) is 6.50. The molecule has 1 aliphatic rings. The van der Waals surface area contributed by atoms with Gasteiger partial charge in [-0.25, -0.2) is 4.39 Å². The molecule has 0 saturated carbocycles. The second-order valence-electron chi connectivity index (χ2n) is 7.29. The zero-order valence-corrected chi connectivity index (χ0v) is 17.5. The highest BCUT2D eigenvalue weighted by Gasteiger charge is 2.27. The molecular formula is C23H26ClFN2O2. The third-order valence-electron chi connectivity index (χ3n) is 5.71. The molecule has 4 rings (SSSR count). The number of rotatable bonds is 5. The molecule has 29 heavy (non-hydrogen) atoms. The summed E-state index contributed by atoms with van der Waals surface area (Å²) < 4.78 is 19.1. The van der Waals surface area contributed by atoms with Gasteiger partial charge in [-0.05, 0) is 68.4 Å². The maximum absolute atomic E-state index is 13.1. The molecule has 1 unspecified atom stereocenters. The summed E-state index contributed by atoms with van der Waals surface area (Å²) >= 11 is 0. The molecule has 6 heteroatoms. The summed E-state index contributed by atoms with van der Waals surface area (Å²) in [6.07, 6.45) is 3.03. The Hall–Kier alpha value is -2.37. The summed E-state index contributed by atoms with van der Waals surface area (Å²) in [4.78, 5) is 14.9. The zero-order chi connectivity index (χ0) is 19.7. The van der Waals surface area contributed by atoms with E-state index in [1.54, 1.807) is 0 Å². The van der Waals surface area contributed by atoms with Gasteiger partial charge in [0.2, 0.25) is 0 Å². The average molecular weight is 417 g/mol. The van der Waals surface area contributed by atoms with Crippen molar-refractivity contribution in [3.63, 3.8) is 0 Å². The molecule has 0 aliphatic heterocycles. The lowest BCUT2D eigenvalue weighted by Gasteiger charge is -2.32. The van der Waals surface area contributed by atoms with E-state index in [0.29, 0.717) is 11.6 Å². The molecule has 1 aromatic heterocycles. The minimum absolute atomic E-state index is 0. The Morgan fingerprint density at radius 1 is 1.17 bits per heavy atom. The van der Waals surface area contributed by atoms with Crippen molar-refractivity contribution in [2.75, 3.05) is 18.4 Å². The molecule has 3 aromatic rings. The fourth-order valence-electron chi connectivity index (χ4n) is 4.19. The smallest absolute Gasteiger partial charge is 0.255 e. The fourth-order valence-corrected chi connectivity index (χ4v) is 4.19. The monoisotopic (exact) mass is 416 g/mol. The third kappa shape index (κ3) is 4.31. The van der Waals surface area contributed by atoms with Crippen molar-refractivity contribution in [2.45, 2.75) is 39.2 Å². The molecule has 1 N–H and O–H groups in total. The molecule has 4 nitrogen and oxygen atoms in total. The minimum Gasteiger partial charge on any atom is -0.461 e. The summed E-state index contributed by atoms with van der Waals surface area (Å²) in [5.74, 6) is 0.462. The Balaban J connectivity index is 0.00000240. The number of nitrogens with zero attached hydrogens (tertiary/aromatic N) is 1. The van der Waals surface area contributed by atoms with Crippen LogP contribution in [0.25, 0.3) is 11.0 Å². The number of benzene rings is 2. The number of furan rings is 1. The molecule has 2 aromatic carbocycles. The number of halogens is 2. The number of hydrogen-bond acceptors (Lipinski definition) is 3. The molecule has 0 spiro atoms. The number of fused-ring (bicyclic) bond motifs is 3. The fraction of sp³-hybridized carbons (Fsp3) is 0.348. The van der Waals surface area contributed by atoms with E-state index in [1.165, 1.54) is 29.8 Å². The van der Waals surface area contributed by atoms with Gasteiger partial charge in [0, 0.05) is 34.7 Å². The first-order chi connectivity index (χ1) is 13.6. The molecule has 1 atom stereocenters.